The van der Waals surface area contributed by atoms with Crippen molar-refractivity contribution >= 4 is 5.97 Å². The van der Waals surface area contributed by atoms with Crippen LogP contribution in [0.15, 0.2) is 11.6 Å². The summed E-state index contributed by atoms with van der Waals surface area (Å²) < 4.78 is 0. The summed E-state index contributed by atoms with van der Waals surface area (Å²) in [6.07, 6.45) is 12.3. The molecule has 0 aromatic heterocycles. The molecular weight excluding hydrogens is 408 g/mol. The Kier molecular flexibility index (Phi) is 5.15. The van der Waals surface area contributed by atoms with Crippen LogP contribution in [0.1, 0.15) is 106 Å². The molecule has 0 saturated heterocycles. The van der Waals surface area contributed by atoms with E-state index < -0.39 is 5.97 Å². The van der Waals surface area contributed by atoms with Crippen molar-refractivity contribution in [2.75, 3.05) is 0 Å². The van der Waals surface area contributed by atoms with Gasteiger partial charge in [-0.25, -0.2) is 0 Å². The lowest BCUT2D eigenvalue weighted by molar-refractivity contribution is -0.183. The average molecular weight is 457 g/mol. The topological polar surface area (TPSA) is 57.5 Å². The Labute approximate surface area is 201 Å². The number of hydrogen-bond donors (Lipinski definition) is 2. The third-order valence-corrected chi connectivity index (χ3v) is 12.5. The average Bonchev–Trinajstić information content (AvgIpc) is 2.70. The van der Waals surface area contributed by atoms with Crippen molar-refractivity contribution in [2.45, 2.75) is 112 Å². The van der Waals surface area contributed by atoms with Crippen LogP contribution >= 0.6 is 0 Å². The van der Waals surface area contributed by atoms with E-state index in [0.717, 1.165) is 32.1 Å². The number of hydrogen-bond acceptors (Lipinski definition) is 2. The minimum Gasteiger partial charge on any atom is -0.481 e. The molecule has 5 rings (SSSR count). The molecule has 3 nitrogen and oxygen atoms in total. The first-order valence-electron chi connectivity index (χ1n) is 13.8. The molecule has 0 aliphatic heterocycles. The Hall–Kier alpha value is -0.830. The maximum atomic E-state index is 12.3. The van der Waals surface area contributed by atoms with E-state index in [9.17, 15) is 15.0 Å². The third-order valence-electron chi connectivity index (χ3n) is 12.5. The summed E-state index contributed by atoms with van der Waals surface area (Å²) in [7, 11) is 0. The van der Waals surface area contributed by atoms with Crippen molar-refractivity contribution in [3.05, 3.63) is 11.6 Å². The van der Waals surface area contributed by atoms with Crippen molar-refractivity contribution < 1.29 is 15.0 Å². The summed E-state index contributed by atoms with van der Waals surface area (Å²) in [6, 6.07) is 0. The molecule has 0 heterocycles. The van der Waals surface area contributed by atoms with Crippen LogP contribution in [-0.2, 0) is 4.79 Å². The van der Waals surface area contributed by atoms with Crippen molar-refractivity contribution in [3.8, 4) is 0 Å². The van der Waals surface area contributed by atoms with E-state index in [4.69, 9.17) is 0 Å². The molecule has 0 unspecified atom stereocenters. The molecule has 0 radical (unpaired) electrons. The highest BCUT2D eigenvalue weighted by Crippen LogP contribution is 2.73. The summed E-state index contributed by atoms with van der Waals surface area (Å²) in [4.78, 5) is 12.3. The van der Waals surface area contributed by atoms with Crippen molar-refractivity contribution in [2.24, 2.45) is 56.7 Å². The fourth-order valence-corrected chi connectivity index (χ4v) is 11.0. The van der Waals surface area contributed by atoms with Crippen LogP contribution in [0, 0.1) is 56.7 Å². The second-order valence-electron chi connectivity index (χ2n) is 15.0. The molecule has 4 fully saturated rings. The van der Waals surface area contributed by atoms with E-state index in [-0.39, 0.29) is 39.1 Å². The highest BCUT2D eigenvalue weighted by molar-refractivity contribution is 5.71. The second-order valence-corrected chi connectivity index (χ2v) is 15.0. The standard InChI is InChI=1S/C30H48O3/c1-26(2)16-19(25(32)33)18-8-9-22-28(5,20(18)17-26)13-11-23-29(6)15-12-24(31)27(3,4)21(29)10-14-30(22,23)7/h9,18-21,23-24,31H,8,10-17H2,1-7H3,(H,32,33)/t18-,19+,20-,21+,23+,24-,28+,29-,30-/m0/s1. The van der Waals surface area contributed by atoms with Gasteiger partial charge < -0.3 is 10.2 Å². The van der Waals surface area contributed by atoms with Crippen LogP contribution in [0.25, 0.3) is 0 Å². The van der Waals surface area contributed by atoms with Gasteiger partial charge in [0.05, 0.1) is 12.0 Å². The van der Waals surface area contributed by atoms with Gasteiger partial charge in [0.25, 0.3) is 0 Å². The lowest BCUT2D eigenvalue weighted by atomic mass is 9.35. The van der Waals surface area contributed by atoms with Crippen molar-refractivity contribution in [1.29, 1.82) is 0 Å². The summed E-state index contributed by atoms with van der Waals surface area (Å²) in [5, 5.41) is 21.0. The van der Waals surface area contributed by atoms with Gasteiger partial charge in [0.15, 0.2) is 0 Å². The Balaban J connectivity index is 1.55. The van der Waals surface area contributed by atoms with Crippen LogP contribution in [0.4, 0.5) is 0 Å². The number of allylic oxidation sites excluding steroid dienone is 2. The zero-order valence-corrected chi connectivity index (χ0v) is 22.2. The minimum atomic E-state index is -0.575. The number of aliphatic carboxylic acids is 1. The van der Waals surface area contributed by atoms with Gasteiger partial charge in [-0.2, -0.15) is 0 Å². The quantitative estimate of drug-likeness (QED) is 0.414. The molecule has 186 valence electrons. The first kappa shape index (κ1) is 23.9. The highest BCUT2D eigenvalue weighted by Gasteiger charge is 2.66. The molecule has 9 atom stereocenters. The minimum absolute atomic E-state index is 0.0107. The van der Waals surface area contributed by atoms with Gasteiger partial charge in [-0.1, -0.05) is 60.1 Å². The molecule has 0 aromatic rings. The molecular formula is C30H48O3. The van der Waals surface area contributed by atoms with Crippen LogP contribution in [0.3, 0.4) is 0 Å². The monoisotopic (exact) mass is 456 g/mol. The lowest BCUT2D eigenvalue weighted by Crippen LogP contribution is -2.62. The first-order valence-corrected chi connectivity index (χ1v) is 13.8. The van der Waals surface area contributed by atoms with Crippen LogP contribution in [0.2, 0.25) is 0 Å². The predicted molar refractivity (Wildman–Crippen MR) is 133 cm³/mol. The van der Waals surface area contributed by atoms with E-state index >= 15 is 0 Å². The summed E-state index contributed by atoms with van der Waals surface area (Å²) in [5.74, 6) is 1.24. The van der Waals surface area contributed by atoms with Crippen molar-refractivity contribution in [1.82, 2.24) is 0 Å². The molecule has 0 spiro atoms. The summed E-state index contributed by atoms with van der Waals surface area (Å²) in [6.45, 7) is 16.9. The zero-order valence-electron chi connectivity index (χ0n) is 22.2. The lowest BCUT2D eigenvalue weighted by Gasteiger charge is -2.69. The fourth-order valence-electron chi connectivity index (χ4n) is 11.0. The molecule has 5 aliphatic rings. The number of carboxylic acid groups (broad SMARTS) is 1. The molecule has 0 bridgehead atoms. The predicted octanol–water partition coefficient (Wildman–Crippen LogP) is 7.09. The molecule has 0 aromatic carbocycles. The number of aliphatic hydroxyl groups is 1. The van der Waals surface area contributed by atoms with E-state index in [1.807, 2.05) is 0 Å². The smallest absolute Gasteiger partial charge is 0.306 e. The molecule has 5 aliphatic carbocycles. The Morgan fingerprint density at radius 1 is 0.879 bits per heavy atom. The van der Waals surface area contributed by atoms with Gasteiger partial charge >= 0.3 is 5.97 Å². The van der Waals surface area contributed by atoms with Gasteiger partial charge in [0.1, 0.15) is 0 Å². The first-order chi connectivity index (χ1) is 15.2. The SMILES string of the molecule is CC1(C)C[C@@H](C(=O)O)[C@@H]2CC=C3[C@]4(C)CC[C@@H]5C(C)(C)[C@@H](O)CC[C@]5(C)[C@H]4CC[C@]3(C)[C@H]2C1. The van der Waals surface area contributed by atoms with E-state index in [1.54, 1.807) is 5.57 Å². The molecule has 3 heteroatoms. The number of carboxylic acids is 1. The largest absolute Gasteiger partial charge is 0.481 e. The maximum absolute atomic E-state index is 12.3. The second kappa shape index (κ2) is 7.11. The summed E-state index contributed by atoms with van der Waals surface area (Å²) in [5.41, 5.74) is 2.40. The van der Waals surface area contributed by atoms with E-state index in [0.29, 0.717) is 23.7 Å². The van der Waals surface area contributed by atoms with Crippen molar-refractivity contribution in [3.63, 3.8) is 0 Å². The van der Waals surface area contributed by atoms with Gasteiger partial charge in [0, 0.05) is 0 Å². The van der Waals surface area contributed by atoms with Crippen LogP contribution in [-0.4, -0.2) is 22.3 Å². The van der Waals surface area contributed by atoms with E-state index in [2.05, 4.69) is 54.5 Å². The Morgan fingerprint density at radius 3 is 2.18 bits per heavy atom. The zero-order chi connectivity index (χ0) is 24.2. The highest BCUT2D eigenvalue weighted by atomic mass is 16.4. The van der Waals surface area contributed by atoms with E-state index in [1.165, 1.54) is 25.7 Å². The number of carbonyl (C=O) groups is 1. The maximum Gasteiger partial charge on any atom is 0.306 e. The van der Waals surface area contributed by atoms with Gasteiger partial charge in [-0.15, -0.1) is 0 Å². The number of fused-ring (bicyclic) bond motifs is 7. The Bertz CT molecular complexity index is 870. The van der Waals surface area contributed by atoms with Crippen LogP contribution < -0.4 is 0 Å². The molecule has 33 heavy (non-hydrogen) atoms. The normalized spacial score (nSPS) is 52.4. The molecule has 4 saturated carbocycles. The molecule has 2 N–H and O–H groups in total. The van der Waals surface area contributed by atoms with Gasteiger partial charge in [0.2, 0.25) is 0 Å². The van der Waals surface area contributed by atoms with Gasteiger partial charge in [-0.05, 0) is 109 Å². The summed E-state index contributed by atoms with van der Waals surface area (Å²) >= 11 is 0. The number of rotatable bonds is 1. The van der Waals surface area contributed by atoms with Crippen LogP contribution in [0.5, 0.6) is 0 Å². The molecule has 0 amide bonds. The fraction of sp³-hybridized carbons (Fsp3) is 0.900. The third kappa shape index (κ3) is 3.12. The Morgan fingerprint density at radius 2 is 1.52 bits per heavy atom. The number of aliphatic hydroxyl groups excluding tert-OH is 1. The van der Waals surface area contributed by atoms with Gasteiger partial charge in [-0.3, -0.25) is 4.79 Å².